The number of rotatable bonds is 5. The standard InChI is InChI=1S/C25H25F3N4O2/c1-3-22(33)29-18-9-4-5-10-20(18)32-21-12-11-15(2)13-19(21)30-24(32)31-23(34)16-7-6-8-17(14-16)25(26,27)28/h3,6-8,11-14,18,20H,1,4-5,9-10H2,2H3,(H,29,33)(H,30,31,34)/t18-,20?/m0/s1. The largest absolute Gasteiger partial charge is 0.416 e. The van der Waals surface area contributed by atoms with Gasteiger partial charge in [0.25, 0.3) is 5.91 Å². The van der Waals surface area contributed by atoms with Gasteiger partial charge >= 0.3 is 6.18 Å². The van der Waals surface area contributed by atoms with Gasteiger partial charge in [-0.1, -0.05) is 31.6 Å². The number of alkyl halides is 3. The van der Waals surface area contributed by atoms with Gasteiger partial charge in [0.15, 0.2) is 0 Å². The van der Waals surface area contributed by atoms with Crippen LogP contribution in [0, 0.1) is 6.92 Å². The van der Waals surface area contributed by atoms with E-state index in [0.29, 0.717) is 5.52 Å². The van der Waals surface area contributed by atoms with Crippen molar-refractivity contribution in [3.63, 3.8) is 0 Å². The van der Waals surface area contributed by atoms with Crippen LogP contribution in [0.3, 0.4) is 0 Å². The molecule has 178 valence electrons. The number of fused-ring (bicyclic) bond motifs is 1. The van der Waals surface area contributed by atoms with E-state index in [-0.39, 0.29) is 29.5 Å². The number of hydrogen-bond donors (Lipinski definition) is 2. The van der Waals surface area contributed by atoms with E-state index in [1.807, 2.05) is 29.7 Å². The number of hydrogen-bond acceptors (Lipinski definition) is 3. The Morgan fingerprint density at radius 1 is 1.15 bits per heavy atom. The van der Waals surface area contributed by atoms with Crippen molar-refractivity contribution >= 4 is 28.8 Å². The first-order chi connectivity index (χ1) is 16.2. The molecule has 1 unspecified atom stereocenters. The van der Waals surface area contributed by atoms with Gasteiger partial charge in [-0.2, -0.15) is 13.2 Å². The number of nitrogens with one attached hydrogen (secondary N) is 2. The number of imidazole rings is 1. The average molecular weight is 470 g/mol. The van der Waals surface area contributed by atoms with Gasteiger partial charge in [-0.05, 0) is 61.7 Å². The average Bonchev–Trinajstić information content (AvgIpc) is 3.15. The molecule has 1 aliphatic rings. The maximum Gasteiger partial charge on any atom is 0.416 e. The molecule has 4 rings (SSSR count). The van der Waals surface area contributed by atoms with Crippen LogP contribution in [0.4, 0.5) is 19.1 Å². The molecule has 2 amide bonds. The highest BCUT2D eigenvalue weighted by Gasteiger charge is 2.33. The van der Waals surface area contributed by atoms with Crippen molar-refractivity contribution in [3.05, 3.63) is 71.8 Å². The molecule has 1 aliphatic carbocycles. The number of benzene rings is 2. The van der Waals surface area contributed by atoms with Crippen LogP contribution in [0.1, 0.15) is 53.2 Å². The molecule has 1 fully saturated rings. The van der Waals surface area contributed by atoms with Crippen LogP contribution >= 0.6 is 0 Å². The topological polar surface area (TPSA) is 76.0 Å². The Balaban J connectivity index is 1.74. The van der Waals surface area contributed by atoms with E-state index in [9.17, 15) is 22.8 Å². The van der Waals surface area contributed by atoms with Crippen molar-refractivity contribution < 1.29 is 22.8 Å². The monoisotopic (exact) mass is 470 g/mol. The fourth-order valence-corrected chi connectivity index (χ4v) is 4.47. The molecule has 34 heavy (non-hydrogen) atoms. The molecule has 0 saturated heterocycles. The number of carbonyl (C=O) groups is 2. The minimum absolute atomic E-state index is 0.121. The molecule has 2 atom stereocenters. The number of carbonyl (C=O) groups excluding carboxylic acids is 2. The number of halogens is 3. The molecule has 9 heteroatoms. The molecule has 0 radical (unpaired) electrons. The Hall–Kier alpha value is -3.62. The summed E-state index contributed by atoms with van der Waals surface area (Å²) >= 11 is 0. The highest BCUT2D eigenvalue weighted by atomic mass is 19.4. The van der Waals surface area contributed by atoms with Crippen LogP contribution in [-0.4, -0.2) is 27.4 Å². The second-order valence-corrected chi connectivity index (χ2v) is 8.50. The van der Waals surface area contributed by atoms with Crippen LogP contribution in [0.15, 0.2) is 55.1 Å². The smallest absolute Gasteiger partial charge is 0.348 e. The van der Waals surface area contributed by atoms with Crippen LogP contribution in [0.5, 0.6) is 0 Å². The summed E-state index contributed by atoms with van der Waals surface area (Å²) in [5, 5.41) is 5.69. The summed E-state index contributed by atoms with van der Waals surface area (Å²) in [6.07, 6.45) is 0.0234. The SMILES string of the molecule is C=CC(=O)N[C@H]1CCCCC1n1c(NC(=O)c2cccc(C(F)(F)F)c2)nc2cc(C)ccc21. The quantitative estimate of drug-likeness (QED) is 0.490. The molecule has 0 aliphatic heterocycles. The lowest BCUT2D eigenvalue weighted by Crippen LogP contribution is -2.42. The zero-order valence-electron chi connectivity index (χ0n) is 18.7. The third kappa shape index (κ3) is 4.83. The fourth-order valence-electron chi connectivity index (χ4n) is 4.47. The van der Waals surface area contributed by atoms with Crippen molar-refractivity contribution in [2.75, 3.05) is 5.32 Å². The van der Waals surface area contributed by atoms with Gasteiger partial charge in [-0.25, -0.2) is 4.98 Å². The number of aryl methyl sites for hydroxylation is 1. The van der Waals surface area contributed by atoms with Gasteiger partial charge in [0, 0.05) is 11.6 Å². The summed E-state index contributed by atoms with van der Waals surface area (Å²) in [4.78, 5) is 29.6. The number of nitrogens with zero attached hydrogens (tertiary/aromatic N) is 2. The Labute approximate surface area is 194 Å². The first kappa shape index (κ1) is 23.5. The second kappa shape index (κ2) is 9.32. The maximum atomic E-state index is 13.1. The number of amides is 2. The summed E-state index contributed by atoms with van der Waals surface area (Å²) < 4.78 is 41.3. The number of anilines is 1. The molecular weight excluding hydrogens is 445 g/mol. The summed E-state index contributed by atoms with van der Waals surface area (Å²) in [6, 6.07) is 9.58. The predicted octanol–water partition coefficient (Wildman–Crippen LogP) is 5.40. The van der Waals surface area contributed by atoms with Crippen LogP contribution < -0.4 is 10.6 Å². The normalized spacial score (nSPS) is 18.5. The summed E-state index contributed by atoms with van der Waals surface area (Å²) in [5.74, 6) is -0.749. The Morgan fingerprint density at radius 3 is 2.65 bits per heavy atom. The lowest BCUT2D eigenvalue weighted by Gasteiger charge is -2.34. The van der Waals surface area contributed by atoms with Gasteiger partial charge in [-0.15, -0.1) is 0 Å². The molecule has 2 N–H and O–H groups in total. The van der Waals surface area contributed by atoms with Crippen molar-refractivity contribution in [2.45, 2.75) is 50.9 Å². The third-order valence-corrected chi connectivity index (χ3v) is 6.10. The number of aromatic nitrogens is 2. The first-order valence-electron chi connectivity index (χ1n) is 11.1. The minimum atomic E-state index is -4.56. The van der Waals surface area contributed by atoms with Crippen molar-refractivity contribution in [3.8, 4) is 0 Å². The highest BCUT2D eigenvalue weighted by molar-refractivity contribution is 6.04. The van der Waals surface area contributed by atoms with Gasteiger partial charge in [-0.3, -0.25) is 14.9 Å². The van der Waals surface area contributed by atoms with E-state index in [2.05, 4.69) is 22.2 Å². The van der Waals surface area contributed by atoms with Gasteiger partial charge in [0.1, 0.15) is 0 Å². The van der Waals surface area contributed by atoms with Crippen LogP contribution in [0.2, 0.25) is 0 Å². The van der Waals surface area contributed by atoms with Crippen molar-refractivity contribution in [1.82, 2.24) is 14.9 Å². The van der Waals surface area contributed by atoms with Crippen molar-refractivity contribution in [1.29, 1.82) is 0 Å². The molecule has 1 saturated carbocycles. The maximum absolute atomic E-state index is 13.1. The minimum Gasteiger partial charge on any atom is -0.348 e. The van der Waals surface area contributed by atoms with Gasteiger partial charge in [0.2, 0.25) is 11.9 Å². The summed E-state index contributed by atoms with van der Waals surface area (Å²) in [6.45, 7) is 5.44. The second-order valence-electron chi connectivity index (χ2n) is 8.50. The van der Waals surface area contributed by atoms with Crippen LogP contribution in [-0.2, 0) is 11.0 Å². The molecule has 0 bridgehead atoms. The molecule has 6 nitrogen and oxygen atoms in total. The van der Waals surface area contributed by atoms with Gasteiger partial charge < -0.3 is 9.88 Å². The van der Waals surface area contributed by atoms with E-state index in [1.54, 1.807) is 0 Å². The molecule has 0 spiro atoms. The predicted molar refractivity (Wildman–Crippen MR) is 123 cm³/mol. The zero-order chi connectivity index (χ0) is 24.5. The molecule has 3 aromatic rings. The molecule has 2 aromatic carbocycles. The Kier molecular flexibility index (Phi) is 6.45. The van der Waals surface area contributed by atoms with Gasteiger partial charge in [0.05, 0.1) is 22.6 Å². The zero-order valence-corrected chi connectivity index (χ0v) is 18.7. The third-order valence-electron chi connectivity index (χ3n) is 6.10. The summed E-state index contributed by atoms with van der Waals surface area (Å²) in [5.41, 5.74) is 1.38. The molecular formula is C25H25F3N4O2. The Bertz CT molecular complexity index is 1250. The first-order valence-corrected chi connectivity index (χ1v) is 11.1. The van der Waals surface area contributed by atoms with E-state index < -0.39 is 17.6 Å². The summed E-state index contributed by atoms with van der Waals surface area (Å²) in [7, 11) is 0. The van der Waals surface area contributed by atoms with E-state index >= 15 is 0 Å². The molecule has 1 heterocycles. The lowest BCUT2D eigenvalue weighted by molar-refractivity contribution is -0.137. The fraction of sp³-hybridized carbons (Fsp3) is 0.320. The Morgan fingerprint density at radius 2 is 1.91 bits per heavy atom. The van der Waals surface area contributed by atoms with E-state index in [0.717, 1.165) is 48.9 Å². The lowest BCUT2D eigenvalue weighted by atomic mass is 9.89. The molecule has 1 aromatic heterocycles. The van der Waals surface area contributed by atoms with Crippen molar-refractivity contribution in [2.24, 2.45) is 0 Å². The highest BCUT2D eigenvalue weighted by Crippen LogP contribution is 2.35. The van der Waals surface area contributed by atoms with Crippen LogP contribution in [0.25, 0.3) is 11.0 Å². The van der Waals surface area contributed by atoms with E-state index in [1.165, 1.54) is 18.2 Å². The van der Waals surface area contributed by atoms with E-state index in [4.69, 9.17) is 0 Å².